The van der Waals surface area contributed by atoms with Gasteiger partial charge >= 0.3 is 0 Å². The molecule has 0 radical (unpaired) electrons. The molecule has 28 heavy (non-hydrogen) atoms. The molecule has 2 aromatic carbocycles. The zero-order valence-corrected chi connectivity index (χ0v) is 16.2. The largest absolute Gasteiger partial charge is 0.338 e. The molecule has 7 heteroatoms. The maximum Gasteiger partial charge on any atom is 0.211 e. The highest BCUT2D eigenvalue weighted by Gasteiger charge is 2.14. The average molecular weight is 400 g/mol. The van der Waals surface area contributed by atoms with Crippen molar-refractivity contribution < 1.29 is 0 Å². The molecule has 134 valence electrons. The Morgan fingerprint density at radius 3 is 2.86 bits per heavy atom. The minimum Gasteiger partial charge on any atom is -0.338 e. The van der Waals surface area contributed by atoms with Gasteiger partial charge in [-0.05, 0) is 39.6 Å². The molecule has 5 nitrogen and oxygen atoms in total. The monoisotopic (exact) mass is 399 g/mol. The molecule has 0 aliphatic heterocycles. The number of aromatic amines is 1. The number of hydrogen-bond acceptors (Lipinski definition) is 5. The molecule has 3 heterocycles. The molecular weight excluding hydrogens is 386 g/mol. The van der Waals surface area contributed by atoms with Crippen molar-refractivity contribution in [2.75, 3.05) is 0 Å². The lowest BCUT2D eigenvalue weighted by molar-refractivity contribution is 0.878. The van der Waals surface area contributed by atoms with Crippen molar-refractivity contribution in [2.45, 2.75) is 10.9 Å². The summed E-state index contributed by atoms with van der Waals surface area (Å²) in [7, 11) is 0. The van der Waals surface area contributed by atoms with E-state index in [1.807, 2.05) is 36.4 Å². The Morgan fingerprint density at radius 2 is 2.00 bits per heavy atom. The molecule has 0 atom stereocenters. The van der Waals surface area contributed by atoms with Crippen molar-refractivity contribution in [2.24, 2.45) is 0 Å². The summed E-state index contributed by atoms with van der Waals surface area (Å²) in [5, 5.41) is 14.6. The van der Waals surface area contributed by atoms with E-state index in [9.17, 15) is 0 Å². The standard InChI is InChI=1S/C21H13N5S2/c1-22-16-7-3-2-5-14(16)12-28-21-24-20-19(25-26-21)18-15(13-9-10-27-11-13)6-4-8-17(18)23-20/h2-11H,12H2,(H,23,24,26). The van der Waals surface area contributed by atoms with Crippen LogP contribution in [0.3, 0.4) is 0 Å². The third-order valence-electron chi connectivity index (χ3n) is 4.52. The van der Waals surface area contributed by atoms with Crippen molar-refractivity contribution in [3.05, 3.63) is 76.3 Å². The van der Waals surface area contributed by atoms with Gasteiger partial charge in [0.05, 0.1) is 6.57 Å². The van der Waals surface area contributed by atoms with Gasteiger partial charge in [0.15, 0.2) is 11.3 Å². The van der Waals surface area contributed by atoms with Crippen LogP contribution in [0.1, 0.15) is 5.56 Å². The van der Waals surface area contributed by atoms with Crippen molar-refractivity contribution in [3.8, 4) is 11.1 Å². The van der Waals surface area contributed by atoms with Crippen molar-refractivity contribution >= 4 is 50.9 Å². The van der Waals surface area contributed by atoms with Crippen LogP contribution in [0.25, 0.3) is 38.0 Å². The second-order valence-corrected chi connectivity index (χ2v) is 7.91. The zero-order valence-electron chi connectivity index (χ0n) is 14.6. The lowest BCUT2D eigenvalue weighted by Crippen LogP contribution is -1.92. The molecule has 0 unspecified atom stereocenters. The maximum atomic E-state index is 7.28. The first kappa shape index (κ1) is 16.9. The second kappa shape index (κ2) is 7.08. The van der Waals surface area contributed by atoms with Crippen molar-refractivity contribution in [1.82, 2.24) is 20.2 Å². The SMILES string of the molecule is [C-]#[N+]c1ccccc1CSc1nnc2c(n1)[nH]c1cccc(-c3ccsc3)c12. The van der Waals surface area contributed by atoms with Gasteiger partial charge in [0.25, 0.3) is 0 Å². The Hall–Kier alpha value is -3.21. The predicted octanol–water partition coefficient (Wildman–Crippen LogP) is 6.08. The van der Waals surface area contributed by atoms with Crippen LogP contribution in [0, 0.1) is 6.57 Å². The molecular formula is C21H13N5S2. The molecule has 0 fully saturated rings. The summed E-state index contributed by atoms with van der Waals surface area (Å²) in [4.78, 5) is 11.6. The minimum atomic E-state index is 0.593. The molecule has 0 bridgehead atoms. The number of nitrogens with one attached hydrogen (secondary N) is 1. The highest BCUT2D eigenvalue weighted by molar-refractivity contribution is 7.98. The lowest BCUT2D eigenvalue weighted by Gasteiger charge is -2.03. The Morgan fingerprint density at radius 1 is 1.07 bits per heavy atom. The molecule has 0 aliphatic carbocycles. The van der Waals surface area contributed by atoms with Crippen LogP contribution < -0.4 is 0 Å². The van der Waals surface area contributed by atoms with Crippen LogP contribution in [0.4, 0.5) is 5.69 Å². The quantitative estimate of drug-likeness (QED) is 0.294. The Labute approximate surface area is 169 Å². The molecule has 0 saturated carbocycles. The fourth-order valence-corrected chi connectivity index (χ4v) is 4.65. The number of thiophene rings is 1. The molecule has 1 N–H and O–H groups in total. The van der Waals surface area contributed by atoms with E-state index in [4.69, 9.17) is 6.57 Å². The van der Waals surface area contributed by atoms with Gasteiger partial charge in [-0.15, -0.1) is 10.2 Å². The number of nitrogens with zero attached hydrogens (tertiary/aromatic N) is 4. The van der Waals surface area contributed by atoms with E-state index in [1.54, 1.807) is 11.3 Å². The fraction of sp³-hybridized carbons (Fsp3) is 0.0476. The Bertz CT molecular complexity index is 1330. The topological polar surface area (TPSA) is 58.8 Å². The van der Waals surface area contributed by atoms with E-state index in [-0.39, 0.29) is 0 Å². The summed E-state index contributed by atoms with van der Waals surface area (Å²) in [6, 6.07) is 15.9. The van der Waals surface area contributed by atoms with Gasteiger partial charge in [-0.1, -0.05) is 48.2 Å². The molecule has 0 saturated heterocycles. The van der Waals surface area contributed by atoms with Crippen LogP contribution in [0.5, 0.6) is 0 Å². The van der Waals surface area contributed by atoms with E-state index in [2.05, 4.69) is 47.9 Å². The van der Waals surface area contributed by atoms with E-state index in [0.717, 1.165) is 33.2 Å². The average Bonchev–Trinajstić information content (AvgIpc) is 3.39. The van der Waals surface area contributed by atoms with Crippen LogP contribution in [-0.4, -0.2) is 20.2 Å². The van der Waals surface area contributed by atoms with E-state index in [1.165, 1.54) is 17.3 Å². The lowest BCUT2D eigenvalue weighted by atomic mass is 10.0. The van der Waals surface area contributed by atoms with Gasteiger partial charge < -0.3 is 4.98 Å². The van der Waals surface area contributed by atoms with Gasteiger partial charge in [0.2, 0.25) is 5.16 Å². The van der Waals surface area contributed by atoms with Gasteiger partial charge in [0, 0.05) is 16.7 Å². The molecule has 5 aromatic rings. The Kier molecular flexibility index (Phi) is 4.28. The molecule has 5 rings (SSSR count). The number of benzene rings is 2. The van der Waals surface area contributed by atoms with E-state index >= 15 is 0 Å². The molecule has 3 aromatic heterocycles. The number of para-hydroxylation sites is 1. The number of thioether (sulfide) groups is 1. The summed E-state index contributed by atoms with van der Waals surface area (Å²) in [5.74, 6) is 0.631. The van der Waals surface area contributed by atoms with Gasteiger partial charge in [-0.25, -0.2) is 9.83 Å². The highest BCUT2D eigenvalue weighted by atomic mass is 32.2. The van der Waals surface area contributed by atoms with Crippen LogP contribution in [0.2, 0.25) is 0 Å². The Balaban J connectivity index is 1.53. The number of aromatic nitrogens is 4. The summed E-state index contributed by atoms with van der Waals surface area (Å²) in [5.41, 5.74) is 6.45. The number of fused-ring (bicyclic) bond motifs is 3. The summed E-state index contributed by atoms with van der Waals surface area (Å²) >= 11 is 3.16. The molecule has 0 amide bonds. The van der Waals surface area contributed by atoms with E-state index in [0.29, 0.717) is 16.6 Å². The second-order valence-electron chi connectivity index (χ2n) is 6.19. The first-order chi connectivity index (χ1) is 13.8. The molecule has 0 aliphatic rings. The number of hydrogen-bond donors (Lipinski definition) is 1. The summed E-state index contributed by atoms with van der Waals surface area (Å²) in [6.45, 7) is 7.28. The first-order valence-electron chi connectivity index (χ1n) is 8.59. The number of rotatable bonds is 4. The van der Waals surface area contributed by atoms with Crippen molar-refractivity contribution in [3.63, 3.8) is 0 Å². The van der Waals surface area contributed by atoms with Crippen LogP contribution in [-0.2, 0) is 5.75 Å². The summed E-state index contributed by atoms with van der Waals surface area (Å²) < 4.78 is 0. The van der Waals surface area contributed by atoms with Crippen molar-refractivity contribution in [1.29, 1.82) is 0 Å². The highest BCUT2D eigenvalue weighted by Crippen LogP contribution is 2.34. The zero-order chi connectivity index (χ0) is 18.9. The fourth-order valence-electron chi connectivity index (χ4n) is 3.21. The smallest absolute Gasteiger partial charge is 0.211 e. The van der Waals surface area contributed by atoms with Gasteiger partial charge in [-0.2, -0.15) is 11.3 Å². The maximum absolute atomic E-state index is 7.28. The summed E-state index contributed by atoms with van der Waals surface area (Å²) in [6.07, 6.45) is 0. The first-order valence-corrected chi connectivity index (χ1v) is 10.5. The van der Waals surface area contributed by atoms with Crippen LogP contribution >= 0.6 is 23.1 Å². The normalized spacial score (nSPS) is 11.1. The predicted molar refractivity (Wildman–Crippen MR) is 115 cm³/mol. The molecule has 0 spiro atoms. The third kappa shape index (κ3) is 2.93. The van der Waals surface area contributed by atoms with Gasteiger partial charge in [0.1, 0.15) is 5.52 Å². The minimum absolute atomic E-state index is 0.593. The number of H-pyrrole nitrogens is 1. The van der Waals surface area contributed by atoms with E-state index < -0.39 is 0 Å². The third-order valence-corrected chi connectivity index (χ3v) is 6.09. The van der Waals surface area contributed by atoms with Gasteiger partial charge in [-0.3, -0.25) is 0 Å². The van der Waals surface area contributed by atoms with Crippen LogP contribution in [0.15, 0.2) is 64.4 Å².